The fraction of sp³-hybridized carbons (Fsp3) is 0.500. The number of anilines is 1. The van der Waals surface area contributed by atoms with Crippen LogP contribution in [0.1, 0.15) is 18.3 Å². The van der Waals surface area contributed by atoms with Gasteiger partial charge in [0.1, 0.15) is 0 Å². The van der Waals surface area contributed by atoms with Gasteiger partial charge in [-0.15, -0.1) is 0 Å². The molecule has 2 aromatic rings. The lowest BCUT2D eigenvalue weighted by Crippen LogP contribution is -2.19. The van der Waals surface area contributed by atoms with Gasteiger partial charge in [0.15, 0.2) is 0 Å². The lowest BCUT2D eigenvalue weighted by molar-refractivity contribution is 0.397. The molecular weight excluding hydrogens is 254 g/mol. The smallest absolute Gasteiger partial charge is 0.225 e. The van der Waals surface area contributed by atoms with Crippen molar-refractivity contribution in [3.63, 3.8) is 0 Å². The second kappa shape index (κ2) is 6.36. The molecule has 0 aliphatic carbocycles. The topological polar surface area (TPSA) is 64.9 Å². The average molecular weight is 275 g/mol. The number of methoxy groups -OCH3 is 1. The largest absolute Gasteiger partial charge is 0.481 e. The number of hydrogen-bond acceptors (Lipinski definition) is 5. The molecule has 0 aromatic carbocycles. The highest BCUT2D eigenvalue weighted by molar-refractivity contribution is 5.27. The van der Waals surface area contributed by atoms with Crippen molar-refractivity contribution in [2.75, 3.05) is 19.0 Å². The minimum Gasteiger partial charge on any atom is -0.481 e. The number of aromatic nitrogens is 4. The van der Waals surface area contributed by atoms with Crippen LogP contribution in [0.3, 0.4) is 0 Å². The first-order valence-corrected chi connectivity index (χ1v) is 6.70. The van der Waals surface area contributed by atoms with Gasteiger partial charge in [0, 0.05) is 31.0 Å². The minimum absolute atomic E-state index is 0.419. The molecule has 0 saturated heterocycles. The van der Waals surface area contributed by atoms with E-state index in [-0.39, 0.29) is 0 Å². The molecule has 0 bridgehead atoms. The van der Waals surface area contributed by atoms with Crippen LogP contribution >= 0.6 is 0 Å². The lowest BCUT2D eigenvalue weighted by atomic mass is 10.2. The van der Waals surface area contributed by atoms with Crippen molar-refractivity contribution in [2.45, 2.75) is 27.3 Å². The molecule has 0 saturated carbocycles. The third-order valence-electron chi connectivity index (χ3n) is 3.04. The van der Waals surface area contributed by atoms with Crippen molar-refractivity contribution in [3.8, 4) is 5.88 Å². The van der Waals surface area contributed by atoms with Gasteiger partial charge in [0.05, 0.1) is 12.8 Å². The highest BCUT2D eigenvalue weighted by Gasteiger charge is 2.08. The van der Waals surface area contributed by atoms with Crippen LogP contribution in [0.25, 0.3) is 0 Å². The van der Waals surface area contributed by atoms with Gasteiger partial charge in [-0.2, -0.15) is 10.1 Å². The van der Waals surface area contributed by atoms with Crippen LogP contribution in [-0.2, 0) is 6.54 Å². The summed E-state index contributed by atoms with van der Waals surface area (Å²) in [5, 5.41) is 7.69. The number of nitrogens with zero attached hydrogens (tertiary/aromatic N) is 4. The zero-order valence-electron chi connectivity index (χ0n) is 12.4. The zero-order chi connectivity index (χ0) is 14.5. The second-order valence-corrected chi connectivity index (χ2v) is 5.02. The van der Waals surface area contributed by atoms with Crippen LogP contribution in [0.2, 0.25) is 0 Å². The summed E-state index contributed by atoms with van der Waals surface area (Å²) in [6.07, 6.45) is 1.68. The van der Waals surface area contributed by atoms with E-state index in [1.807, 2.05) is 11.6 Å². The zero-order valence-corrected chi connectivity index (χ0v) is 12.4. The van der Waals surface area contributed by atoms with E-state index in [1.54, 1.807) is 19.4 Å². The second-order valence-electron chi connectivity index (χ2n) is 5.02. The van der Waals surface area contributed by atoms with E-state index in [4.69, 9.17) is 4.74 Å². The third-order valence-corrected chi connectivity index (χ3v) is 3.04. The van der Waals surface area contributed by atoms with Gasteiger partial charge in [-0.1, -0.05) is 6.92 Å². The molecule has 0 aliphatic heterocycles. The maximum atomic E-state index is 5.07. The molecule has 108 valence electrons. The Morgan fingerprint density at radius 3 is 2.85 bits per heavy atom. The van der Waals surface area contributed by atoms with E-state index >= 15 is 0 Å². The van der Waals surface area contributed by atoms with Crippen molar-refractivity contribution < 1.29 is 4.74 Å². The first kappa shape index (κ1) is 14.3. The fourth-order valence-corrected chi connectivity index (χ4v) is 2.03. The van der Waals surface area contributed by atoms with Gasteiger partial charge in [-0.3, -0.25) is 4.68 Å². The Bertz CT molecular complexity index is 566. The normalized spacial score (nSPS) is 12.2. The number of aryl methyl sites for hydroxylation is 2. The lowest BCUT2D eigenvalue weighted by Gasteiger charge is -2.14. The summed E-state index contributed by atoms with van der Waals surface area (Å²) in [6, 6.07) is 3.82. The molecule has 1 unspecified atom stereocenters. The summed E-state index contributed by atoms with van der Waals surface area (Å²) in [5.74, 6) is 1.57. The predicted molar refractivity (Wildman–Crippen MR) is 77.9 cm³/mol. The SMILES string of the molecule is COc1ccnc(NCC(C)Cn2nc(C)cc2C)n1. The Hall–Kier alpha value is -2.11. The summed E-state index contributed by atoms with van der Waals surface area (Å²) in [6.45, 7) is 7.91. The molecule has 6 heteroatoms. The first-order chi connectivity index (χ1) is 9.58. The maximum Gasteiger partial charge on any atom is 0.225 e. The molecule has 2 aromatic heterocycles. The average Bonchev–Trinajstić information content (AvgIpc) is 2.75. The van der Waals surface area contributed by atoms with Crippen LogP contribution in [-0.4, -0.2) is 33.4 Å². The summed E-state index contributed by atoms with van der Waals surface area (Å²) >= 11 is 0. The Kier molecular flexibility index (Phi) is 4.55. The number of nitrogens with one attached hydrogen (secondary N) is 1. The van der Waals surface area contributed by atoms with Crippen molar-refractivity contribution in [3.05, 3.63) is 29.7 Å². The number of hydrogen-bond donors (Lipinski definition) is 1. The molecule has 0 radical (unpaired) electrons. The third kappa shape index (κ3) is 3.69. The van der Waals surface area contributed by atoms with Gasteiger partial charge in [0.25, 0.3) is 0 Å². The standard InChI is InChI=1S/C14H21N5O/c1-10(9-19-12(3)7-11(2)18-19)8-16-14-15-6-5-13(17-14)20-4/h5-7,10H,8-9H2,1-4H3,(H,15,16,17). The Morgan fingerprint density at radius 2 is 2.20 bits per heavy atom. The highest BCUT2D eigenvalue weighted by atomic mass is 16.5. The molecule has 0 spiro atoms. The Morgan fingerprint density at radius 1 is 1.40 bits per heavy atom. The van der Waals surface area contributed by atoms with E-state index in [1.165, 1.54) is 5.69 Å². The van der Waals surface area contributed by atoms with Gasteiger partial charge in [-0.05, 0) is 25.8 Å². The van der Waals surface area contributed by atoms with Crippen molar-refractivity contribution in [1.29, 1.82) is 0 Å². The summed E-state index contributed by atoms with van der Waals surface area (Å²) in [4.78, 5) is 8.39. The molecule has 2 heterocycles. The van der Waals surface area contributed by atoms with Gasteiger partial charge in [-0.25, -0.2) is 4.98 Å². The fourth-order valence-electron chi connectivity index (χ4n) is 2.03. The maximum absolute atomic E-state index is 5.07. The van der Waals surface area contributed by atoms with E-state index in [2.05, 4.69) is 40.3 Å². The summed E-state index contributed by atoms with van der Waals surface area (Å²) in [7, 11) is 1.59. The van der Waals surface area contributed by atoms with E-state index < -0.39 is 0 Å². The molecule has 6 nitrogen and oxygen atoms in total. The number of rotatable bonds is 6. The van der Waals surface area contributed by atoms with Gasteiger partial charge < -0.3 is 10.1 Å². The Labute approximate surface area is 119 Å². The molecule has 2 rings (SSSR count). The molecular formula is C14H21N5O. The molecule has 20 heavy (non-hydrogen) atoms. The van der Waals surface area contributed by atoms with Crippen molar-refractivity contribution in [2.24, 2.45) is 5.92 Å². The molecule has 0 amide bonds. The van der Waals surface area contributed by atoms with E-state index in [9.17, 15) is 0 Å². The van der Waals surface area contributed by atoms with Crippen LogP contribution in [0.5, 0.6) is 5.88 Å². The van der Waals surface area contributed by atoms with Crippen LogP contribution in [0.15, 0.2) is 18.3 Å². The summed E-state index contributed by atoms with van der Waals surface area (Å²) < 4.78 is 7.11. The Balaban J connectivity index is 1.88. The predicted octanol–water partition coefficient (Wildman–Crippen LogP) is 2.05. The summed E-state index contributed by atoms with van der Waals surface area (Å²) in [5.41, 5.74) is 2.24. The quantitative estimate of drug-likeness (QED) is 0.874. The first-order valence-electron chi connectivity index (χ1n) is 6.70. The van der Waals surface area contributed by atoms with Crippen molar-refractivity contribution >= 4 is 5.95 Å². The molecule has 0 fully saturated rings. The van der Waals surface area contributed by atoms with Crippen LogP contribution < -0.4 is 10.1 Å². The number of ether oxygens (including phenoxy) is 1. The van der Waals surface area contributed by atoms with Gasteiger partial charge >= 0.3 is 0 Å². The van der Waals surface area contributed by atoms with E-state index in [0.717, 1.165) is 18.8 Å². The minimum atomic E-state index is 0.419. The van der Waals surface area contributed by atoms with Crippen LogP contribution in [0.4, 0.5) is 5.95 Å². The van der Waals surface area contributed by atoms with Crippen LogP contribution in [0, 0.1) is 19.8 Å². The van der Waals surface area contributed by atoms with Crippen molar-refractivity contribution in [1.82, 2.24) is 19.7 Å². The molecule has 0 aliphatic rings. The highest BCUT2D eigenvalue weighted by Crippen LogP contribution is 2.10. The van der Waals surface area contributed by atoms with Gasteiger partial charge in [0.2, 0.25) is 11.8 Å². The molecule has 1 atom stereocenters. The van der Waals surface area contributed by atoms with E-state index in [0.29, 0.717) is 17.7 Å². The monoisotopic (exact) mass is 275 g/mol. The molecule has 1 N–H and O–H groups in total.